The van der Waals surface area contributed by atoms with E-state index in [1.165, 1.54) is 6.33 Å². The lowest BCUT2D eigenvalue weighted by Gasteiger charge is -2.04. The van der Waals surface area contributed by atoms with Crippen LogP contribution in [0.5, 0.6) is 0 Å². The Kier molecular flexibility index (Phi) is 3.84. The molecule has 0 bridgehead atoms. The van der Waals surface area contributed by atoms with E-state index in [9.17, 15) is 8.42 Å². The molecule has 2 rings (SSSR count). The normalized spacial score (nSPS) is 11.6. The zero-order valence-electron chi connectivity index (χ0n) is 8.95. The first-order valence-electron chi connectivity index (χ1n) is 4.81. The first-order valence-corrected chi connectivity index (χ1v) is 6.67. The molecule has 0 atom stereocenters. The van der Waals surface area contributed by atoms with Gasteiger partial charge in [0.05, 0.1) is 12.4 Å². The van der Waals surface area contributed by atoms with Crippen molar-refractivity contribution in [2.24, 2.45) is 0 Å². The van der Waals surface area contributed by atoms with Crippen LogP contribution >= 0.6 is 11.6 Å². The summed E-state index contributed by atoms with van der Waals surface area (Å²) in [5.74, 6) is 0.352. The molecule has 96 valence electrons. The standard InChI is InChI=1S/C8H8ClN5O3S/c9-8-10-3-6(4-11-8)18(15,16)14-2-1-7-12-5-13-17-7/h3-5,14H,1-2H2. The quantitative estimate of drug-likeness (QED) is 0.773. The minimum Gasteiger partial charge on any atom is -0.340 e. The van der Waals surface area contributed by atoms with Gasteiger partial charge >= 0.3 is 0 Å². The van der Waals surface area contributed by atoms with E-state index in [-0.39, 0.29) is 16.7 Å². The number of hydrogen-bond acceptors (Lipinski definition) is 7. The summed E-state index contributed by atoms with van der Waals surface area (Å²) in [4.78, 5) is 10.9. The largest absolute Gasteiger partial charge is 0.340 e. The molecule has 2 aromatic rings. The Morgan fingerprint density at radius 3 is 2.61 bits per heavy atom. The number of aromatic nitrogens is 4. The molecule has 2 heterocycles. The lowest BCUT2D eigenvalue weighted by Crippen LogP contribution is -2.26. The maximum atomic E-state index is 11.8. The van der Waals surface area contributed by atoms with Crippen LogP contribution in [0.4, 0.5) is 0 Å². The molecule has 0 unspecified atom stereocenters. The third-order valence-electron chi connectivity index (χ3n) is 1.94. The third-order valence-corrected chi connectivity index (χ3v) is 3.56. The minimum absolute atomic E-state index is 0.0141. The van der Waals surface area contributed by atoms with Gasteiger partial charge < -0.3 is 4.52 Å². The molecular weight excluding hydrogens is 282 g/mol. The summed E-state index contributed by atoms with van der Waals surface area (Å²) in [6.07, 6.45) is 3.80. The molecule has 2 aromatic heterocycles. The summed E-state index contributed by atoms with van der Waals surface area (Å²) < 4.78 is 30.6. The summed E-state index contributed by atoms with van der Waals surface area (Å²) in [6.45, 7) is 0.132. The van der Waals surface area contributed by atoms with Gasteiger partial charge in [-0.05, 0) is 11.6 Å². The van der Waals surface area contributed by atoms with Crippen molar-refractivity contribution in [3.05, 3.63) is 29.9 Å². The lowest BCUT2D eigenvalue weighted by molar-refractivity contribution is 0.377. The van der Waals surface area contributed by atoms with E-state index in [0.717, 1.165) is 12.4 Å². The monoisotopic (exact) mass is 289 g/mol. The highest BCUT2D eigenvalue weighted by molar-refractivity contribution is 7.89. The van der Waals surface area contributed by atoms with Crippen LogP contribution in [0.25, 0.3) is 0 Å². The van der Waals surface area contributed by atoms with Gasteiger partial charge in [-0.2, -0.15) is 4.98 Å². The number of nitrogens with one attached hydrogen (secondary N) is 1. The van der Waals surface area contributed by atoms with Gasteiger partial charge in [-0.25, -0.2) is 23.1 Å². The fraction of sp³-hybridized carbons (Fsp3) is 0.250. The molecular formula is C8H8ClN5O3S. The Morgan fingerprint density at radius 1 is 1.28 bits per heavy atom. The van der Waals surface area contributed by atoms with Crippen LogP contribution in [0.3, 0.4) is 0 Å². The SMILES string of the molecule is O=S(=O)(NCCc1ncno1)c1cnc(Cl)nc1. The van der Waals surface area contributed by atoms with Gasteiger partial charge in [0.1, 0.15) is 4.90 Å². The van der Waals surface area contributed by atoms with E-state index in [2.05, 4.69) is 24.8 Å². The summed E-state index contributed by atoms with van der Waals surface area (Å²) in [5, 5.41) is 3.39. The second-order valence-electron chi connectivity index (χ2n) is 3.17. The van der Waals surface area contributed by atoms with Gasteiger partial charge in [0.15, 0.2) is 6.33 Å². The van der Waals surface area contributed by atoms with Gasteiger partial charge in [0.2, 0.25) is 21.2 Å². The van der Waals surface area contributed by atoms with Crippen molar-refractivity contribution in [1.82, 2.24) is 24.8 Å². The fourth-order valence-electron chi connectivity index (χ4n) is 1.12. The highest BCUT2D eigenvalue weighted by Gasteiger charge is 2.14. The van der Waals surface area contributed by atoms with Crippen molar-refractivity contribution in [1.29, 1.82) is 0 Å². The van der Waals surface area contributed by atoms with Gasteiger partial charge in [0.25, 0.3) is 0 Å². The van der Waals surface area contributed by atoms with E-state index >= 15 is 0 Å². The number of halogens is 1. The summed E-state index contributed by atoms with van der Waals surface area (Å²) in [6, 6.07) is 0. The Bertz CT molecular complexity index is 598. The summed E-state index contributed by atoms with van der Waals surface area (Å²) in [7, 11) is -3.65. The van der Waals surface area contributed by atoms with Crippen molar-refractivity contribution in [2.45, 2.75) is 11.3 Å². The van der Waals surface area contributed by atoms with Crippen molar-refractivity contribution >= 4 is 21.6 Å². The lowest BCUT2D eigenvalue weighted by atomic mass is 10.4. The first-order chi connectivity index (χ1) is 8.58. The van der Waals surface area contributed by atoms with Crippen LogP contribution in [0.15, 0.2) is 28.1 Å². The topological polar surface area (TPSA) is 111 Å². The Hall–Kier alpha value is -1.58. The zero-order valence-corrected chi connectivity index (χ0v) is 10.5. The maximum absolute atomic E-state index is 11.8. The smallest absolute Gasteiger partial charge is 0.243 e. The average Bonchev–Trinajstić information content (AvgIpc) is 2.82. The molecule has 0 saturated heterocycles. The molecule has 18 heavy (non-hydrogen) atoms. The van der Waals surface area contributed by atoms with Crippen LogP contribution in [-0.2, 0) is 16.4 Å². The van der Waals surface area contributed by atoms with E-state index in [4.69, 9.17) is 16.1 Å². The van der Waals surface area contributed by atoms with Crippen molar-refractivity contribution < 1.29 is 12.9 Å². The highest BCUT2D eigenvalue weighted by atomic mass is 35.5. The van der Waals surface area contributed by atoms with Crippen LogP contribution in [0, 0.1) is 0 Å². The second kappa shape index (κ2) is 5.38. The average molecular weight is 290 g/mol. The van der Waals surface area contributed by atoms with Crippen molar-refractivity contribution in [2.75, 3.05) is 6.54 Å². The molecule has 0 aromatic carbocycles. The van der Waals surface area contributed by atoms with E-state index in [0.29, 0.717) is 12.3 Å². The molecule has 0 aliphatic rings. The van der Waals surface area contributed by atoms with E-state index in [1.807, 2.05) is 0 Å². The summed E-state index contributed by atoms with van der Waals surface area (Å²) in [5.41, 5.74) is 0. The summed E-state index contributed by atoms with van der Waals surface area (Å²) >= 11 is 5.47. The second-order valence-corrected chi connectivity index (χ2v) is 5.28. The molecule has 0 saturated carbocycles. The molecule has 10 heteroatoms. The predicted molar refractivity (Wildman–Crippen MR) is 60.2 cm³/mol. The number of sulfonamides is 1. The molecule has 0 fully saturated rings. The highest BCUT2D eigenvalue weighted by Crippen LogP contribution is 2.07. The fourth-order valence-corrected chi connectivity index (χ4v) is 2.14. The first kappa shape index (κ1) is 12.9. The van der Waals surface area contributed by atoms with E-state index in [1.54, 1.807) is 0 Å². The molecule has 0 spiro atoms. The van der Waals surface area contributed by atoms with Crippen molar-refractivity contribution in [3.8, 4) is 0 Å². The Balaban J connectivity index is 1.97. The van der Waals surface area contributed by atoms with Crippen LogP contribution in [0.2, 0.25) is 5.28 Å². The third kappa shape index (κ3) is 3.22. The van der Waals surface area contributed by atoms with Gasteiger partial charge in [-0.15, -0.1) is 0 Å². The number of nitrogens with zero attached hydrogens (tertiary/aromatic N) is 4. The van der Waals surface area contributed by atoms with Crippen LogP contribution in [0.1, 0.15) is 5.89 Å². The van der Waals surface area contributed by atoms with Crippen LogP contribution < -0.4 is 4.72 Å². The Labute approximate surface area is 107 Å². The van der Waals surface area contributed by atoms with Gasteiger partial charge in [0, 0.05) is 13.0 Å². The molecule has 0 radical (unpaired) electrons. The molecule has 0 aliphatic carbocycles. The predicted octanol–water partition coefficient (Wildman–Crippen LogP) is 0.0340. The van der Waals surface area contributed by atoms with Gasteiger partial charge in [-0.3, -0.25) is 0 Å². The van der Waals surface area contributed by atoms with Crippen molar-refractivity contribution in [3.63, 3.8) is 0 Å². The molecule has 0 aliphatic heterocycles. The van der Waals surface area contributed by atoms with Crippen LogP contribution in [-0.4, -0.2) is 35.1 Å². The molecule has 1 N–H and O–H groups in total. The van der Waals surface area contributed by atoms with Gasteiger partial charge in [-0.1, -0.05) is 5.16 Å². The maximum Gasteiger partial charge on any atom is 0.243 e. The number of rotatable bonds is 5. The molecule has 8 nitrogen and oxygen atoms in total. The van der Waals surface area contributed by atoms with E-state index < -0.39 is 10.0 Å². The Morgan fingerprint density at radius 2 is 2.00 bits per heavy atom. The minimum atomic E-state index is -3.65. The zero-order chi connectivity index (χ0) is 13.0. The molecule has 0 amide bonds. The number of hydrogen-bond donors (Lipinski definition) is 1.